The second-order valence-electron chi connectivity index (χ2n) is 4.93. The smallest absolute Gasteiger partial charge is 0.241 e. The molecule has 1 aromatic rings. The van der Waals surface area contributed by atoms with Crippen LogP contribution in [0, 0.1) is 6.92 Å². The van der Waals surface area contributed by atoms with Gasteiger partial charge in [-0.1, -0.05) is 12.1 Å². The molecule has 2 N–H and O–H groups in total. The quantitative estimate of drug-likeness (QED) is 0.762. The van der Waals surface area contributed by atoms with Gasteiger partial charge in [0.25, 0.3) is 0 Å². The average Bonchev–Trinajstić information content (AvgIpc) is 2.38. The molecule has 0 aromatic heterocycles. The van der Waals surface area contributed by atoms with Crippen LogP contribution in [0.2, 0.25) is 0 Å². The Kier molecular flexibility index (Phi) is 6.61. The van der Waals surface area contributed by atoms with Gasteiger partial charge >= 0.3 is 0 Å². The van der Waals surface area contributed by atoms with E-state index in [0.29, 0.717) is 24.5 Å². The van der Waals surface area contributed by atoms with Crippen LogP contribution in [0.1, 0.15) is 24.5 Å². The summed E-state index contributed by atoms with van der Waals surface area (Å²) in [6, 6.07) is 5.32. The number of hydrogen-bond acceptors (Lipinski definition) is 4. The second-order valence-corrected chi connectivity index (χ2v) is 6.62. The average molecular weight is 300 g/mol. The maximum Gasteiger partial charge on any atom is 0.241 e. The normalized spacial score (nSPS) is 13.4. The molecule has 0 amide bonds. The van der Waals surface area contributed by atoms with E-state index < -0.39 is 10.0 Å². The number of hydrogen-bond donors (Lipinski definition) is 2. The predicted octanol–water partition coefficient (Wildman–Crippen LogP) is 1.42. The van der Waals surface area contributed by atoms with Crippen LogP contribution in [-0.2, 0) is 21.3 Å². The Bertz CT molecular complexity index is 529. The maximum absolute atomic E-state index is 12.4. The van der Waals surface area contributed by atoms with Crippen LogP contribution in [0.4, 0.5) is 0 Å². The zero-order valence-electron chi connectivity index (χ0n) is 12.6. The molecule has 0 aliphatic rings. The standard InChI is InChI=1S/C14H24N2O3S/c1-11-5-6-13(10-15-3)9-14(11)20(17,18)16-12(2)7-8-19-4/h5-6,9,12,15-16H,7-8,10H2,1-4H3. The molecule has 5 nitrogen and oxygen atoms in total. The Morgan fingerprint density at radius 1 is 1.35 bits per heavy atom. The Labute approximate surface area is 121 Å². The summed E-state index contributed by atoms with van der Waals surface area (Å²) in [5.41, 5.74) is 1.69. The van der Waals surface area contributed by atoms with Gasteiger partial charge in [-0.3, -0.25) is 0 Å². The lowest BCUT2D eigenvalue weighted by atomic mass is 10.1. The Hall–Kier alpha value is -0.950. The summed E-state index contributed by atoms with van der Waals surface area (Å²) in [4.78, 5) is 0.342. The lowest BCUT2D eigenvalue weighted by Gasteiger charge is -2.16. The predicted molar refractivity (Wildman–Crippen MR) is 80.2 cm³/mol. The first-order valence-electron chi connectivity index (χ1n) is 6.66. The number of aryl methyl sites for hydroxylation is 1. The van der Waals surface area contributed by atoms with Gasteiger partial charge in [0.1, 0.15) is 0 Å². The molecule has 1 aromatic carbocycles. The molecule has 0 fully saturated rings. The Balaban J connectivity index is 2.93. The van der Waals surface area contributed by atoms with Crippen molar-refractivity contribution in [1.29, 1.82) is 0 Å². The number of benzene rings is 1. The van der Waals surface area contributed by atoms with Crippen LogP contribution in [-0.4, -0.2) is 35.2 Å². The maximum atomic E-state index is 12.4. The first kappa shape index (κ1) is 17.1. The van der Waals surface area contributed by atoms with Gasteiger partial charge in [-0.15, -0.1) is 0 Å². The number of nitrogens with one attached hydrogen (secondary N) is 2. The van der Waals surface area contributed by atoms with E-state index >= 15 is 0 Å². The summed E-state index contributed by atoms with van der Waals surface area (Å²) < 4.78 is 32.5. The van der Waals surface area contributed by atoms with E-state index in [0.717, 1.165) is 11.1 Å². The first-order valence-corrected chi connectivity index (χ1v) is 8.14. The van der Waals surface area contributed by atoms with Crippen molar-refractivity contribution in [2.45, 2.75) is 37.8 Å². The highest BCUT2D eigenvalue weighted by Crippen LogP contribution is 2.17. The third-order valence-corrected chi connectivity index (χ3v) is 4.77. The van der Waals surface area contributed by atoms with Crippen molar-refractivity contribution in [3.8, 4) is 0 Å². The first-order chi connectivity index (χ1) is 9.40. The summed E-state index contributed by atoms with van der Waals surface area (Å²) >= 11 is 0. The molecule has 0 radical (unpaired) electrons. The van der Waals surface area contributed by atoms with E-state index in [1.807, 2.05) is 26.1 Å². The van der Waals surface area contributed by atoms with E-state index in [1.165, 1.54) is 0 Å². The van der Waals surface area contributed by atoms with E-state index in [-0.39, 0.29) is 6.04 Å². The highest BCUT2D eigenvalue weighted by atomic mass is 32.2. The van der Waals surface area contributed by atoms with Crippen LogP contribution >= 0.6 is 0 Å². The molecule has 6 heteroatoms. The van der Waals surface area contributed by atoms with Crippen LogP contribution in [0.15, 0.2) is 23.1 Å². The molecule has 1 unspecified atom stereocenters. The van der Waals surface area contributed by atoms with Gasteiger partial charge in [-0.2, -0.15) is 0 Å². The van der Waals surface area contributed by atoms with Crippen LogP contribution in [0.3, 0.4) is 0 Å². The molecule has 20 heavy (non-hydrogen) atoms. The molecule has 0 saturated heterocycles. The van der Waals surface area contributed by atoms with Crippen LogP contribution < -0.4 is 10.0 Å². The Morgan fingerprint density at radius 2 is 2.05 bits per heavy atom. The minimum Gasteiger partial charge on any atom is -0.385 e. The highest BCUT2D eigenvalue weighted by molar-refractivity contribution is 7.89. The molecule has 0 spiro atoms. The minimum absolute atomic E-state index is 0.160. The molecule has 0 bridgehead atoms. The van der Waals surface area contributed by atoms with Gasteiger partial charge in [0.05, 0.1) is 4.90 Å². The van der Waals surface area contributed by atoms with Crippen molar-refractivity contribution >= 4 is 10.0 Å². The fourth-order valence-corrected chi connectivity index (χ4v) is 3.50. The second kappa shape index (κ2) is 7.73. The summed E-state index contributed by atoms with van der Waals surface area (Å²) in [5, 5.41) is 3.02. The van der Waals surface area contributed by atoms with Crippen molar-refractivity contribution < 1.29 is 13.2 Å². The summed E-state index contributed by atoms with van der Waals surface area (Å²) in [5.74, 6) is 0. The monoisotopic (exact) mass is 300 g/mol. The molecule has 1 rings (SSSR count). The van der Waals surface area contributed by atoms with Crippen LogP contribution in [0.25, 0.3) is 0 Å². The van der Waals surface area contributed by atoms with Crippen molar-refractivity contribution in [1.82, 2.24) is 10.0 Å². The molecule has 0 saturated carbocycles. The molecule has 1 atom stereocenters. The van der Waals surface area contributed by atoms with Gasteiger partial charge in [-0.25, -0.2) is 13.1 Å². The molecular weight excluding hydrogens is 276 g/mol. The number of rotatable bonds is 8. The zero-order valence-corrected chi connectivity index (χ0v) is 13.4. The van der Waals surface area contributed by atoms with Gasteiger partial charge in [0.2, 0.25) is 10.0 Å². The van der Waals surface area contributed by atoms with E-state index in [9.17, 15) is 8.42 Å². The van der Waals surface area contributed by atoms with E-state index in [4.69, 9.17) is 4.74 Å². The van der Waals surface area contributed by atoms with Gasteiger partial charge in [0, 0.05) is 26.3 Å². The minimum atomic E-state index is -3.49. The molecule has 0 aliphatic heterocycles. The highest BCUT2D eigenvalue weighted by Gasteiger charge is 2.19. The topological polar surface area (TPSA) is 67.4 Å². The molecule has 0 aliphatic carbocycles. The van der Waals surface area contributed by atoms with Crippen molar-refractivity contribution in [2.75, 3.05) is 20.8 Å². The Morgan fingerprint density at radius 3 is 2.65 bits per heavy atom. The van der Waals surface area contributed by atoms with Gasteiger partial charge in [-0.05, 0) is 44.5 Å². The van der Waals surface area contributed by atoms with Crippen molar-refractivity contribution in [3.05, 3.63) is 29.3 Å². The number of ether oxygens (including phenoxy) is 1. The summed E-state index contributed by atoms with van der Waals surface area (Å²) in [6.07, 6.45) is 0.644. The summed E-state index contributed by atoms with van der Waals surface area (Å²) in [6.45, 7) is 4.81. The van der Waals surface area contributed by atoms with Crippen LogP contribution in [0.5, 0.6) is 0 Å². The number of methoxy groups -OCH3 is 1. The third kappa shape index (κ3) is 4.86. The summed E-state index contributed by atoms with van der Waals surface area (Å²) in [7, 11) is -0.0585. The zero-order chi connectivity index (χ0) is 15.2. The van der Waals surface area contributed by atoms with Crippen molar-refractivity contribution in [3.63, 3.8) is 0 Å². The van der Waals surface area contributed by atoms with Crippen molar-refractivity contribution in [2.24, 2.45) is 0 Å². The molecule has 0 heterocycles. The van der Waals surface area contributed by atoms with E-state index in [1.54, 1.807) is 20.1 Å². The molecular formula is C14H24N2O3S. The largest absolute Gasteiger partial charge is 0.385 e. The van der Waals surface area contributed by atoms with Gasteiger partial charge < -0.3 is 10.1 Å². The SMILES string of the molecule is CNCc1ccc(C)c(S(=O)(=O)NC(C)CCOC)c1. The third-order valence-electron chi connectivity index (χ3n) is 3.03. The number of sulfonamides is 1. The fourth-order valence-electron chi connectivity index (χ4n) is 1.93. The fraction of sp³-hybridized carbons (Fsp3) is 0.571. The lowest BCUT2D eigenvalue weighted by Crippen LogP contribution is -2.33. The lowest BCUT2D eigenvalue weighted by molar-refractivity contribution is 0.188. The van der Waals surface area contributed by atoms with Gasteiger partial charge in [0.15, 0.2) is 0 Å². The molecule has 114 valence electrons. The van der Waals surface area contributed by atoms with E-state index in [2.05, 4.69) is 10.0 Å².